The van der Waals surface area contributed by atoms with E-state index >= 15 is 0 Å². The Bertz CT molecular complexity index is 1490. The number of hydrogen-bond donors (Lipinski definition) is 4. The molecule has 0 fully saturated rings. The van der Waals surface area contributed by atoms with E-state index in [-0.39, 0.29) is 104 Å². The first-order valence-electron chi connectivity index (χ1n) is 21.0. The normalized spacial score (nSPS) is 14.5. The predicted octanol–water partition coefficient (Wildman–Crippen LogP) is 1.75. The molecule has 17 heteroatoms. The fourth-order valence-corrected chi connectivity index (χ4v) is 6.66. The summed E-state index contributed by atoms with van der Waals surface area (Å²) in [6.07, 6.45) is 13.0. The molecule has 59 heavy (non-hydrogen) atoms. The number of ether oxygens (including phenoxy) is 1. The number of imide groups is 2. The van der Waals surface area contributed by atoms with Gasteiger partial charge in [0.15, 0.2) is 0 Å². The summed E-state index contributed by atoms with van der Waals surface area (Å²) in [6.45, 7) is 3.45. The van der Waals surface area contributed by atoms with Crippen LogP contribution in [0.3, 0.4) is 0 Å². The summed E-state index contributed by atoms with van der Waals surface area (Å²) in [4.78, 5) is 124. The van der Waals surface area contributed by atoms with E-state index in [4.69, 9.17) is 10.5 Å². The molecule has 0 aliphatic carbocycles. The van der Waals surface area contributed by atoms with Gasteiger partial charge >= 0.3 is 0 Å². The zero-order valence-electron chi connectivity index (χ0n) is 34.6. The van der Waals surface area contributed by atoms with E-state index in [0.29, 0.717) is 116 Å². The molecular formula is C42H64N6O11. The summed E-state index contributed by atoms with van der Waals surface area (Å²) in [7, 11) is 0. The molecule has 328 valence electrons. The largest absolute Gasteiger partial charge is 0.379 e. The molecule has 0 saturated carbocycles. The smallest absolute Gasteiger partial charge is 0.253 e. The summed E-state index contributed by atoms with van der Waals surface area (Å²) >= 11 is 0. The third-order valence-electron chi connectivity index (χ3n) is 10.2. The highest BCUT2D eigenvalue weighted by Crippen LogP contribution is 2.18. The monoisotopic (exact) mass is 828 g/mol. The van der Waals surface area contributed by atoms with E-state index in [9.17, 15) is 47.9 Å². The van der Waals surface area contributed by atoms with Crippen molar-refractivity contribution in [3.8, 4) is 0 Å². The summed E-state index contributed by atoms with van der Waals surface area (Å²) in [5.74, 6) is -3.17. The highest BCUT2D eigenvalue weighted by atomic mass is 16.5. The second kappa shape index (κ2) is 29.3. The number of Topliss-reactive ketones (excluding diaryl/α,β-unsaturated/α-hetero) is 3. The molecular weight excluding hydrogens is 764 g/mol. The van der Waals surface area contributed by atoms with Crippen LogP contribution in [0.2, 0.25) is 0 Å². The lowest BCUT2D eigenvalue weighted by Gasteiger charge is -2.17. The number of carbonyl (C=O) groups is 10. The van der Waals surface area contributed by atoms with Crippen molar-refractivity contribution < 1.29 is 52.7 Å². The maximum absolute atomic E-state index is 13.3. The molecule has 2 rings (SSSR count). The number of nitrogens with zero attached hydrogens (tertiary/aromatic N) is 2. The van der Waals surface area contributed by atoms with E-state index < -0.39 is 11.8 Å². The molecule has 17 nitrogen and oxygen atoms in total. The average Bonchev–Trinajstić information content (AvgIpc) is 3.70. The van der Waals surface area contributed by atoms with Crippen molar-refractivity contribution in [2.24, 2.45) is 17.6 Å². The first kappa shape index (κ1) is 50.2. The van der Waals surface area contributed by atoms with Gasteiger partial charge in [-0.05, 0) is 58.3 Å². The minimum absolute atomic E-state index is 0.0547. The van der Waals surface area contributed by atoms with Crippen molar-refractivity contribution >= 4 is 58.7 Å². The third-order valence-corrected chi connectivity index (χ3v) is 10.2. The minimum atomic E-state index is -0.560. The molecule has 2 aliphatic rings. The number of carbonyl (C=O) groups excluding carboxylic acids is 10. The van der Waals surface area contributed by atoms with Crippen molar-refractivity contribution in [1.82, 2.24) is 25.8 Å². The molecule has 2 heterocycles. The quantitative estimate of drug-likeness (QED) is 0.0527. The lowest BCUT2D eigenvalue weighted by Crippen LogP contribution is -2.33. The van der Waals surface area contributed by atoms with Gasteiger partial charge in [-0.2, -0.15) is 0 Å². The van der Waals surface area contributed by atoms with Crippen molar-refractivity contribution in [2.75, 3.05) is 52.5 Å². The number of ketones is 3. The Balaban J connectivity index is 1.73. The predicted molar refractivity (Wildman–Crippen MR) is 217 cm³/mol. The highest BCUT2D eigenvalue weighted by Gasteiger charge is 2.25. The van der Waals surface area contributed by atoms with E-state index in [1.165, 1.54) is 41.0 Å². The van der Waals surface area contributed by atoms with Gasteiger partial charge in [-0.1, -0.05) is 25.7 Å². The Hall–Kier alpha value is -4.90. The lowest BCUT2D eigenvalue weighted by atomic mass is 9.91. The molecule has 2 unspecified atom stereocenters. The van der Waals surface area contributed by atoms with Crippen LogP contribution in [0.5, 0.6) is 0 Å². The van der Waals surface area contributed by atoms with E-state index in [1.54, 1.807) is 0 Å². The van der Waals surface area contributed by atoms with Crippen LogP contribution in [0.1, 0.15) is 116 Å². The fourth-order valence-electron chi connectivity index (χ4n) is 6.66. The van der Waals surface area contributed by atoms with Crippen LogP contribution in [0, 0.1) is 11.8 Å². The van der Waals surface area contributed by atoms with Crippen LogP contribution in [0.15, 0.2) is 24.3 Å². The molecule has 0 radical (unpaired) electrons. The zero-order chi connectivity index (χ0) is 43.4. The highest BCUT2D eigenvalue weighted by molar-refractivity contribution is 6.13. The molecule has 2 atom stereocenters. The third kappa shape index (κ3) is 21.6. The van der Waals surface area contributed by atoms with Crippen LogP contribution >= 0.6 is 0 Å². The van der Waals surface area contributed by atoms with Crippen LogP contribution in [-0.2, 0) is 52.7 Å². The van der Waals surface area contributed by atoms with Gasteiger partial charge in [0.05, 0.1) is 19.8 Å². The minimum Gasteiger partial charge on any atom is -0.379 e. The van der Waals surface area contributed by atoms with Gasteiger partial charge in [0, 0.05) is 101 Å². The molecule has 0 aromatic rings. The van der Waals surface area contributed by atoms with Crippen molar-refractivity contribution in [3.05, 3.63) is 24.3 Å². The molecule has 0 saturated heterocycles. The van der Waals surface area contributed by atoms with E-state index in [0.717, 1.165) is 0 Å². The molecule has 5 N–H and O–H groups in total. The van der Waals surface area contributed by atoms with Crippen LogP contribution < -0.4 is 21.7 Å². The van der Waals surface area contributed by atoms with Crippen molar-refractivity contribution in [1.29, 1.82) is 0 Å². The second-order valence-corrected chi connectivity index (χ2v) is 15.0. The van der Waals surface area contributed by atoms with E-state index in [2.05, 4.69) is 16.0 Å². The van der Waals surface area contributed by atoms with Crippen molar-refractivity contribution in [2.45, 2.75) is 116 Å². The molecule has 2 aliphatic heterocycles. The zero-order valence-corrected chi connectivity index (χ0v) is 34.6. The fraction of sp³-hybridized carbons (Fsp3) is 0.667. The Morgan fingerprint density at radius 3 is 1.61 bits per heavy atom. The van der Waals surface area contributed by atoms with Crippen molar-refractivity contribution in [3.63, 3.8) is 0 Å². The van der Waals surface area contributed by atoms with E-state index in [1.807, 2.05) is 0 Å². The maximum Gasteiger partial charge on any atom is 0.253 e. The molecule has 7 amide bonds. The molecule has 0 aromatic carbocycles. The number of unbranched alkanes of at least 4 members (excludes halogenated alkanes) is 6. The van der Waals surface area contributed by atoms with Gasteiger partial charge in [0.1, 0.15) is 17.3 Å². The number of rotatable bonds is 35. The number of nitrogens with two attached hydrogens (primary N) is 1. The number of amides is 7. The second-order valence-electron chi connectivity index (χ2n) is 15.0. The standard InChI is InChI=1S/C42H64N6O11/c1-31(49)32(28-35(51)20-26-59-27-23-45-37(53)30-43)12-6-9-22-46-42(58)33(29-34(50)14-4-2-10-24-47-38(54)16-17-39(47)55)13-7-8-21-44-36(52)15-5-3-11-25-48-40(56)18-19-41(48)57/h16-19,32-33H,2-15,20-30,43H2,1H3,(H,44,52)(H,45,53)(H,46,58). The maximum atomic E-state index is 13.3. The Morgan fingerprint density at radius 1 is 0.559 bits per heavy atom. The molecule has 0 aromatic heterocycles. The van der Waals surface area contributed by atoms with Gasteiger partial charge < -0.3 is 26.4 Å². The Labute approximate surface area is 347 Å². The summed E-state index contributed by atoms with van der Waals surface area (Å²) < 4.78 is 5.38. The topological polar surface area (TPSA) is 249 Å². The summed E-state index contributed by atoms with van der Waals surface area (Å²) in [6, 6.07) is 0. The van der Waals surface area contributed by atoms with Gasteiger partial charge in [0.25, 0.3) is 23.6 Å². The number of nitrogens with one attached hydrogen (secondary N) is 3. The molecule has 0 bridgehead atoms. The number of hydrogen-bond acceptors (Lipinski definition) is 12. The summed E-state index contributed by atoms with van der Waals surface area (Å²) in [5, 5.41) is 8.39. The van der Waals surface area contributed by atoms with Crippen LogP contribution in [0.25, 0.3) is 0 Å². The SMILES string of the molecule is CC(=O)C(CCCCNC(=O)C(CCCCNC(=O)CCCCCN1C(=O)C=CC1=O)CC(=O)CCCCCN1C(=O)C=CC1=O)CC(=O)CCOCCNC(=O)CN. The van der Waals surface area contributed by atoms with Gasteiger partial charge in [-0.25, -0.2) is 0 Å². The molecule has 0 spiro atoms. The first-order valence-corrected chi connectivity index (χ1v) is 21.0. The average molecular weight is 829 g/mol. The van der Waals surface area contributed by atoms with Crippen LogP contribution in [-0.4, -0.2) is 121 Å². The van der Waals surface area contributed by atoms with Gasteiger partial charge in [0.2, 0.25) is 17.7 Å². The Kier molecular flexibility index (Phi) is 25.0. The van der Waals surface area contributed by atoms with Gasteiger partial charge in [-0.15, -0.1) is 0 Å². The summed E-state index contributed by atoms with van der Waals surface area (Å²) in [5.41, 5.74) is 5.22. The van der Waals surface area contributed by atoms with Crippen LogP contribution in [0.4, 0.5) is 0 Å². The lowest BCUT2D eigenvalue weighted by molar-refractivity contribution is -0.138. The first-order chi connectivity index (χ1) is 28.3. The van der Waals surface area contributed by atoms with Gasteiger partial charge in [-0.3, -0.25) is 57.7 Å². The Morgan fingerprint density at radius 2 is 1.05 bits per heavy atom.